The van der Waals surface area contributed by atoms with Crippen molar-refractivity contribution in [3.63, 3.8) is 0 Å². The molecular weight excluding hydrogens is 308 g/mol. The number of rotatable bonds is 4. The van der Waals surface area contributed by atoms with Gasteiger partial charge in [-0.25, -0.2) is 4.57 Å². The number of aromatic nitrogens is 1. The summed E-state index contributed by atoms with van der Waals surface area (Å²) in [6.45, 7) is 1.08. The molecular formula is C10H16Br2N2. The maximum absolute atomic E-state index is 3.42. The Morgan fingerprint density at radius 2 is 1.86 bits per heavy atom. The Balaban J connectivity index is 0.00000169. The van der Waals surface area contributed by atoms with E-state index < -0.39 is 0 Å². The Morgan fingerprint density at radius 1 is 1.29 bits per heavy atom. The SMILES string of the molecule is CN(C)c1cc[n+](CCCBr)cc1.[Br-]. The van der Waals surface area contributed by atoms with E-state index in [4.69, 9.17) is 0 Å². The minimum Gasteiger partial charge on any atom is -1.00 e. The summed E-state index contributed by atoms with van der Waals surface area (Å²) in [6.07, 6.45) is 5.42. The third kappa shape index (κ3) is 4.42. The molecule has 1 heterocycles. The fourth-order valence-corrected chi connectivity index (χ4v) is 1.39. The lowest BCUT2D eigenvalue weighted by Crippen LogP contribution is -3.00. The van der Waals surface area contributed by atoms with E-state index in [2.05, 4.69) is 64.0 Å². The molecule has 0 aromatic carbocycles. The molecule has 0 unspecified atom stereocenters. The first kappa shape index (κ1) is 13.9. The van der Waals surface area contributed by atoms with Crippen LogP contribution in [0, 0.1) is 0 Å². The Labute approximate surface area is 105 Å². The van der Waals surface area contributed by atoms with Crippen molar-refractivity contribution in [2.24, 2.45) is 0 Å². The number of alkyl halides is 1. The number of nitrogens with zero attached hydrogens (tertiary/aromatic N) is 2. The second kappa shape index (κ2) is 7.23. The molecule has 1 rings (SSSR count). The minimum atomic E-state index is 0. The van der Waals surface area contributed by atoms with Crippen LogP contribution in [0.25, 0.3) is 0 Å². The van der Waals surface area contributed by atoms with Gasteiger partial charge in [0.15, 0.2) is 12.4 Å². The van der Waals surface area contributed by atoms with Crippen LogP contribution in [0.4, 0.5) is 5.69 Å². The predicted octanol–water partition coefficient (Wildman–Crippen LogP) is -1.17. The van der Waals surface area contributed by atoms with Crippen LogP contribution in [-0.2, 0) is 6.54 Å². The van der Waals surface area contributed by atoms with E-state index in [0.29, 0.717) is 0 Å². The van der Waals surface area contributed by atoms with E-state index in [9.17, 15) is 0 Å². The number of aryl methyl sites for hydroxylation is 1. The van der Waals surface area contributed by atoms with Crippen molar-refractivity contribution in [3.05, 3.63) is 24.5 Å². The number of halogens is 2. The lowest BCUT2D eigenvalue weighted by Gasteiger charge is -2.10. The largest absolute Gasteiger partial charge is 1.00 e. The summed E-state index contributed by atoms with van der Waals surface area (Å²) in [6, 6.07) is 4.27. The maximum atomic E-state index is 3.42. The van der Waals surface area contributed by atoms with Gasteiger partial charge in [-0.3, -0.25) is 0 Å². The average Bonchev–Trinajstić information content (AvgIpc) is 2.15. The van der Waals surface area contributed by atoms with Gasteiger partial charge < -0.3 is 21.9 Å². The molecule has 0 N–H and O–H groups in total. The highest BCUT2D eigenvalue weighted by atomic mass is 79.9. The predicted molar refractivity (Wildman–Crippen MR) is 59.4 cm³/mol. The summed E-state index contributed by atoms with van der Waals surface area (Å²) >= 11 is 3.42. The molecule has 0 aliphatic heterocycles. The fourth-order valence-electron chi connectivity index (χ4n) is 1.14. The number of anilines is 1. The molecule has 1 aromatic heterocycles. The molecule has 0 aliphatic rings. The van der Waals surface area contributed by atoms with Crippen molar-refractivity contribution in [1.82, 2.24) is 0 Å². The van der Waals surface area contributed by atoms with E-state index in [0.717, 1.165) is 11.9 Å². The molecule has 0 saturated heterocycles. The van der Waals surface area contributed by atoms with Crippen LogP contribution in [0.1, 0.15) is 6.42 Å². The summed E-state index contributed by atoms with van der Waals surface area (Å²) < 4.78 is 2.20. The summed E-state index contributed by atoms with van der Waals surface area (Å²) in [5.41, 5.74) is 1.25. The molecule has 0 saturated carbocycles. The second-order valence-electron chi connectivity index (χ2n) is 3.23. The van der Waals surface area contributed by atoms with Crippen molar-refractivity contribution in [3.8, 4) is 0 Å². The second-order valence-corrected chi connectivity index (χ2v) is 4.02. The van der Waals surface area contributed by atoms with Crippen LogP contribution < -0.4 is 26.4 Å². The minimum absolute atomic E-state index is 0. The lowest BCUT2D eigenvalue weighted by molar-refractivity contribution is -0.696. The van der Waals surface area contributed by atoms with Gasteiger partial charge in [-0.05, 0) is 0 Å². The quantitative estimate of drug-likeness (QED) is 0.500. The number of pyridine rings is 1. The Hall–Kier alpha value is -0.0900. The highest BCUT2D eigenvalue weighted by Gasteiger charge is 2.00. The zero-order chi connectivity index (χ0) is 9.68. The van der Waals surface area contributed by atoms with Crippen molar-refractivity contribution in [2.75, 3.05) is 24.3 Å². The smallest absolute Gasteiger partial charge is 0.170 e. The van der Waals surface area contributed by atoms with Gasteiger partial charge in [0.2, 0.25) is 0 Å². The van der Waals surface area contributed by atoms with Crippen LogP contribution in [0.5, 0.6) is 0 Å². The molecule has 14 heavy (non-hydrogen) atoms. The van der Waals surface area contributed by atoms with Crippen LogP contribution in [-0.4, -0.2) is 19.4 Å². The van der Waals surface area contributed by atoms with Gasteiger partial charge in [-0.15, -0.1) is 0 Å². The van der Waals surface area contributed by atoms with Gasteiger partial charge in [0.1, 0.15) is 6.54 Å². The van der Waals surface area contributed by atoms with E-state index >= 15 is 0 Å². The lowest BCUT2D eigenvalue weighted by atomic mass is 10.3. The zero-order valence-electron chi connectivity index (χ0n) is 8.58. The first-order valence-corrected chi connectivity index (χ1v) is 5.58. The van der Waals surface area contributed by atoms with Gasteiger partial charge in [0.25, 0.3) is 0 Å². The standard InChI is InChI=1S/C10H16BrN2.BrH/c1-12(2)10-4-8-13(9-5-10)7-3-6-11;/h4-5,8-9H,3,6-7H2,1-2H3;1H/q+1;/p-1. The van der Waals surface area contributed by atoms with E-state index in [1.165, 1.54) is 12.1 Å². The molecule has 0 fully saturated rings. The summed E-state index contributed by atoms with van der Waals surface area (Å²) in [7, 11) is 4.11. The monoisotopic (exact) mass is 322 g/mol. The molecule has 0 aliphatic carbocycles. The average molecular weight is 324 g/mol. The molecule has 0 radical (unpaired) electrons. The number of hydrogen-bond donors (Lipinski definition) is 0. The van der Waals surface area contributed by atoms with Crippen molar-refractivity contribution >= 4 is 21.6 Å². The summed E-state index contributed by atoms with van der Waals surface area (Å²) in [5, 5.41) is 1.06. The zero-order valence-corrected chi connectivity index (χ0v) is 11.8. The normalized spacial score (nSPS) is 9.36. The summed E-state index contributed by atoms with van der Waals surface area (Å²) in [5.74, 6) is 0. The Morgan fingerprint density at radius 3 is 2.29 bits per heavy atom. The van der Waals surface area contributed by atoms with Crippen LogP contribution in [0.3, 0.4) is 0 Å². The molecule has 4 heteroatoms. The highest BCUT2D eigenvalue weighted by Crippen LogP contribution is 2.05. The van der Waals surface area contributed by atoms with Crippen LogP contribution in [0.15, 0.2) is 24.5 Å². The molecule has 2 nitrogen and oxygen atoms in total. The molecule has 80 valence electrons. The first-order valence-electron chi connectivity index (χ1n) is 4.46. The van der Waals surface area contributed by atoms with Gasteiger partial charge in [0, 0.05) is 43.7 Å². The van der Waals surface area contributed by atoms with E-state index in [-0.39, 0.29) is 17.0 Å². The third-order valence-corrected chi connectivity index (χ3v) is 2.50. The third-order valence-electron chi connectivity index (χ3n) is 1.94. The molecule has 1 aromatic rings. The molecule has 0 amide bonds. The van der Waals surface area contributed by atoms with E-state index in [1.54, 1.807) is 0 Å². The molecule has 0 atom stereocenters. The maximum Gasteiger partial charge on any atom is 0.170 e. The van der Waals surface area contributed by atoms with Crippen molar-refractivity contribution < 1.29 is 21.5 Å². The van der Waals surface area contributed by atoms with Gasteiger partial charge in [-0.2, -0.15) is 0 Å². The number of hydrogen-bond acceptors (Lipinski definition) is 1. The Bertz CT molecular complexity index is 247. The van der Waals surface area contributed by atoms with Crippen LogP contribution >= 0.6 is 15.9 Å². The first-order chi connectivity index (χ1) is 6.24. The molecule has 0 bridgehead atoms. The Kier molecular flexibility index (Phi) is 7.19. The van der Waals surface area contributed by atoms with Crippen LogP contribution in [0.2, 0.25) is 0 Å². The van der Waals surface area contributed by atoms with Gasteiger partial charge in [0.05, 0.1) is 0 Å². The highest BCUT2D eigenvalue weighted by molar-refractivity contribution is 9.09. The molecule has 0 spiro atoms. The summed E-state index contributed by atoms with van der Waals surface area (Å²) in [4.78, 5) is 2.11. The van der Waals surface area contributed by atoms with Crippen molar-refractivity contribution in [1.29, 1.82) is 0 Å². The topological polar surface area (TPSA) is 7.12 Å². The van der Waals surface area contributed by atoms with Gasteiger partial charge in [-0.1, -0.05) is 15.9 Å². The fraction of sp³-hybridized carbons (Fsp3) is 0.500. The van der Waals surface area contributed by atoms with Crippen molar-refractivity contribution in [2.45, 2.75) is 13.0 Å². The van der Waals surface area contributed by atoms with Gasteiger partial charge >= 0.3 is 0 Å². The van der Waals surface area contributed by atoms with E-state index in [1.807, 2.05) is 0 Å².